The molecular formula is C20H23N3O4S2. The summed E-state index contributed by atoms with van der Waals surface area (Å²) in [7, 11) is -3.54. The van der Waals surface area contributed by atoms with Crippen LogP contribution in [0.5, 0.6) is 0 Å². The van der Waals surface area contributed by atoms with Gasteiger partial charge in [0.15, 0.2) is 0 Å². The summed E-state index contributed by atoms with van der Waals surface area (Å²) in [4.78, 5) is 25.7. The van der Waals surface area contributed by atoms with E-state index < -0.39 is 15.3 Å². The zero-order chi connectivity index (χ0) is 21.0. The number of anilines is 2. The Hall–Kier alpha value is -2.36. The van der Waals surface area contributed by atoms with Gasteiger partial charge < -0.3 is 10.6 Å². The molecule has 2 aromatic carbocycles. The SMILES string of the molecule is CCN(CC)S(=O)(=O)c1ccc(NC(=O)C[C@@H]2Sc3ccccc3NC2=O)cc1. The molecule has 1 aliphatic heterocycles. The van der Waals surface area contributed by atoms with Gasteiger partial charge >= 0.3 is 0 Å². The van der Waals surface area contributed by atoms with Crippen molar-refractivity contribution < 1.29 is 18.0 Å². The zero-order valence-corrected chi connectivity index (χ0v) is 17.8. The maximum atomic E-state index is 12.5. The molecule has 0 radical (unpaired) electrons. The summed E-state index contributed by atoms with van der Waals surface area (Å²) >= 11 is 1.36. The quantitative estimate of drug-likeness (QED) is 0.699. The summed E-state index contributed by atoms with van der Waals surface area (Å²) in [5, 5.41) is 5.02. The molecule has 0 saturated carbocycles. The minimum absolute atomic E-state index is 0.0182. The zero-order valence-electron chi connectivity index (χ0n) is 16.2. The average Bonchev–Trinajstić information content (AvgIpc) is 2.69. The molecule has 2 N–H and O–H groups in total. The molecule has 29 heavy (non-hydrogen) atoms. The van der Waals surface area contributed by atoms with Crippen LogP contribution in [0.2, 0.25) is 0 Å². The Labute approximate surface area is 174 Å². The van der Waals surface area contributed by atoms with Gasteiger partial charge in [-0.15, -0.1) is 11.8 Å². The smallest absolute Gasteiger partial charge is 0.243 e. The van der Waals surface area contributed by atoms with Crippen LogP contribution in [0.15, 0.2) is 58.3 Å². The number of nitrogens with one attached hydrogen (secondary N) is 2. The predicted molar refractivity (Wildman–Crippen MR) is 115 cm³/mol. The van der Waals surface area contributed by atoms with Gasteiger partial charge in [-0.1, -0.05) is 26.0 Å². The van der Waals surface area contributed by atoms with E-state index in [1.54, 1.807) is 26.0 Å². The Morgan fingerprint density at radius 1 is 1.10 bits per heavy atom. The van der Waals surface area contributed by atoms with E-state index in [-0.39, 0.29) is 23.1 Å². The van der Waals surface area contributed by atoms with Gasteiger partial charge in [-0.3, -0.25) is 9.59 Å². The minimum Gasteiger partial charge on any atom is -0.326 e. The fourth-order valence-corrected chi connectivity index (χ4v) is 5.60. The van der Waals surface area contributed by atoms with Crippen molar-refractivity contribution in [1.29, 1.82) is 0 Å². The van der Waals surface area contributed by atoms with Crippen LogP contribution in [0, 0.1) is 0 Å². The highest BCUT2D eigenvalue weighted by Crippen LogP contribution is 2.36. The Morgan fingerprint density at radius 3 is 2.41 bits per heavy atom. The predicted octanol–water partition coefficient (Wildman–Crippen LogP) is 3.16. The third-order valence-corrected chi connectivity index (χ3v) is 7.90. The summed E-state index contributed by atoms with van der Waals surface area (Å²) in [5.41, 5.74) is 1.24. The van der Waals surface area contributed by atoms with Crippen LogP contribution in [0.1, 0.15) is 20.3 Å². The number of sulfonamides is 1. The number of para-hydroxylation sites is 1. The monoisotopic (exact) mass is 433 g/mol. The second-order valence-corrected chi connectivity index (χ2v) is 9.64. The van der Waals surface area contributed by atoms with Gasteiger partial charge in [-0.05, 0) is 36.4 Å². The first-order valence-electron chi connectivity index (χ1n) is 9.31. The summed E-state index contributed by atoms with van der Waals surface area (Å²) in [6, 6.07) is 13.5. The number of thioether (sulfide) groups is 1. The summed E-state index contributed by atoms with van der Waals surface area (Å²) < 4.78 is 26.4. The van der Waals surface area contributed by atoms with Crippen LogP contribution in [-0.4, -0.2) is 42.9 Å². The molecule has 3 rings (SSSR count). The van der Waals surface area contributed by atoms with Crippen molar-refractivity contribution in [3.63, 3.8) is 0 Å². The van der Waals surface area contributed by atoms with Crippen molar-refractivity contribution >= 4 is 45.0 Å². The van der Waals surface area contributed by atoms with Gasteiger partial charge in [0.25, 0.3) is 0 Å². The summed E-state index contributed by atoms with van der Waals surface area (Å²) in [6.07, 6.45) is 0.0182. The molecule has 0 aromatic heterocycles. The van der Waals surface area contributed by atoms with E-state index in [1.165, 1.54) is 28.2 Å². The lowest BCUT2D eigenvalue weighted by molar-refractivity contribution is -0.120. The molecule has 0 unspecified atom stereocenters. The summed E-state index contributed by atoms with van der Waals surface area (Å²) in [6.45, 7) is 4.35. The molecule has 7 nitrogen and oxygen atoms in total. The molecular weight excluding hydrogens is 410 g/mol. The number of nitrogens with zero attached hydrogens (tertiary/aromatic N) is 1. The Kier molecular flexibility index (Phi) is 6.61. The average molecular weight is 434 g/mol. The lowest BCUT2D eigenvalue weighted by Gasteiger charge is -2.23. The van der Waals surface area contributed by atoms with Crippen molar-refractivity contribution in [3.05, 3.63) is 48.5 Å². The number of hydrogen-bond donors (Lipinski definition) is 2. The second kappa shape index (κ2) is 8.98. The standard InChI is InChI=1S/C20H23N3O4S2/c1-3-23(4-2)29(26,27)15-11-9-14(10-12-15)21-19(24)13-18-20(25)22-16-7-5-6-8-17(16)28-18/h5-12,18H,3-4,13H2,1-2H3,(H,21,24)(H,22,25)/t18-/m0/s1. The lowest BCUT2D eigenvalue weighted by atomic mass is 10.2. The van der Waals surface area contributed by atoms with Gasteiger partial charge in [0.2, 0.25) is 21.8 Å². The molecule has 1 atom stereocenters. The number of fused-ring (bicyclic) bond motifs is 1. The topological polar surface area (TPSA) is 95.6 Å². The van der Waals surface area contributed by atoms with Gasteiger partial charge in [0.05, 0.1) is 15.8 Å². The molecule has 154 valence electrons. The number of carbonyl (C=O) groups excluding carboxylic acids is 2. The first-order chi connectivity index (χ1) is 13.8. The van der Waals surface area contributed by atoms with E-state index in [0.29, 0.717) is 18.8 Å². The van der Waals surface area contributed by atoms with Gasteiger partial charge in [0.1, 0.15) is 0 Å². The van der Waals surface area contributed by atoms with E-state index in [1.807, 2.05) is 24.3 Å². The third kappa shape index (κ3) is 4.80. The number of rotatable bonds is 7. The molecule has 0 bridgehead atoms. The molecule has 1 aliphatic rings. The highest BCUT2D eigenvalue weighted by molar-refractivity contribution is 8.01. The highest BCUT2D eigenvalue weighted by Gasteiger charge is 2.29. The van der Waals surface area contributed by atoms with Gasteiger partial charge in [0, 0.05) is 30.1 Å². The first-order valence-corrected chi connectivity index (χ1v) is 11.6. The molecule has 2 aromatic rings. The number of benzene rings is 2. The van der Waals surface area contributed by atoms with E-state index in [0.717, 1.165) is 10.6 Å². The van der Waals surface area contributed by atoms with Crippen molar-refractivity contribution in [2.75, 3.05) is 23.7 Å². The summed E-state index contributed by atoms with van der Waals surface area (Å²) in [5.74, 6) is -0.513. The fraction of sp³-hybridized carbons (Fsp3) is 0.300. The molecule has 1 heterocycles. The van der Waals surface area contributed by atoms with Crippen molar-refractivity contribution in [2.45, 2.75) is 35.3 Å². The van der Waals surface area contributed by atoms with Crippen molar-refractivity contribution in [3.8, 4) is 0 Å². The van der Waals surface area contributed by atoms with Gasteiger partial charge in [-0.2, -0.15) is 4.31 Å². The third-order valence-electron chi connectivity index (χ3n) is 4.56. The fourth-order valence-electron chi connectivity index (χ4n) is 3.03. The molecule has 0 fully saturated rings. The largest absolute Gasteiger partial charge is 0.326 e. The van der Waals surface area contributed by atoms with E-state index >= 15 is 0 Å². The van der Waals surface area contributed by atoms with E-state index in [4.69, 9.17) is 0 Å². The maximum Gasteiger partial charge on any atom is 0.243 e. The number of amides is 2. The van der Waals surface area contributed by atoms with E-state index in [2.05, 4.69) is 10.6 Å². The molecule has 0 saturated heterocycles. The van der Waals surface area contributed by atoms with Crippen LogP contribution < -0.4 is 10.6 Å². The Morgan fingerprint density at radius 2 is 1.76 bits per heavy atom. The van der Waals surface area contributed by atoms with E-state index in [9.17, 15) is 18.0 Å². The van der Waals surface area contributed by atoms with Crippen LogP contribution in [-0.2, 0) is 19.6 Å². The highest BCUT2D eigenvalue weighted by atomic mass is 32.2. The van der Waals surface area contributed by atoms with Crippen LogP contribution in [0.4, 0.5) is 11.4 Å². The van der Waals surface area contributed by atoms with Gasteiger partial charge in [-0.25, -0.2) is 8.42 Å². The van der Waals surface area contributed by atoms with Crippen LogP contribution in [0.25, 0.3) is 0 Å². The van der Waals surface area contributed by atoms with Crippen molar-refractivity contribution in [1.82, 2.24) is 4.31 Å². The number of hydrogen-bond acceptors (Lipinski definition) is 5. The minimum atomic E-state index is -3.54. The van der Waals surface area contributed by atoms with Crippen LogP contribution in [0.3, 0.4) is 0 Å². The molecule has 9 heteroatoms. The molecule has 0 spiro atoms. The van der Waals surface area contributed by atoms with Crippen molar-refractivity contribution in [2.24, 2.45) is 0 Å². The second-order valence-electron chi connectivity index (χ2n) is 6.46. The normalized spacial score (nSPS) is 16.2. The van der Waals surface area contributed by atoms with Crippen LogP contribution >= 0.6 is 11.8 Å². The maximum absolute atomic E-state index is 12.5. The Balaban J connectivity index is 1.64. The number of carbonyl (C=O) groups is 2. The first kappa shape index (κ1) is 21.4. The Bertz CT molecular complexity index is 1000. The molecule has 0 aliphatic carbocycles. The lowest BCUT2D eigenvalue weighted by Crippen LogP contribution is -2.32. The molecule has 2 amide bonds.